The van der Waals surface area contributed by atoms with Gasteiger partial charge in [-0.2, -0.15) is 0 Å². The van der Waals surface area contributed by atoms with Crippen molar-refractivity contribution in [2.24, 2.45) is 0 Å². The third kappa shape index (κ3) is 3.59. The minimum Gasteiger partial charge on any atom is -0.494 e. The number of fused-ring (bicyclic) bond motifs is 3. The Kier molecular flexibility index (Phi) is 4.99. The van der Waals surface area contributed by atoms with E-state index in [2.05, 4.69) is 84.4 Å². The fraction of sp³-hybridized carbons (Fsp3) is 0.222. The average molecular weight is 410 g/mol. The molecular weight excluding hydrogens is 382 g/mol. The summed E-state index contributed by atoms with van der Waals surface area (Å²) in [6.07, 6.45) is 2.29. The van der Waals surface area contributed by atoms with Gasteiger partial charge in [0.15, 0.2) is 0 Å². The van der Waals surface area contributed by atoms with Crippen molar-refractivity contribution in [3.8, 4) is 5.75 Å². The molecule has 0 amide bonds. The average Bonchev–Trinajstić information content (AvgIpc) is 3.18. The molecule has 1 aromatic heterocycles. The first-order chi connectivity index (χ1) is 15.1. The van der Waals surface area contributed by atoms with Gasteiger partial charge in [0, 0.05) is 5.70 Å². The van der Waals surface area contributed by atoms with Crippen LogP contribution in [-0.4, -0.2) is 16.2 Å². The quantitative estimate of drug-likeness (QED) is 0.403. The molecule has 1 N–H and O–H groups in total. The fourth-order valence-electron chi connectivity index (χ4n) is 4.20. The van der Waals surface area contributed by atoms with Crippen molar-refractivity contribution in [3.05, 3.63) is 95.6 Å². The second-order valence-corrected chi connectivity index (χ2v) is 8.22. The Hall–Kier alpha value is -3.53. The molecule has 2 heterocycles. The molecule has 0 saturated carbocycles. The predicted molar refractivity (Wildman–Crippen MR) is 128 cm³/mol. The maximum atomic E-state index is 5.65. The zero-order valence-electron chi connectivity index (χ0n) is 18.2. The van der Waals surface area contributed by atoms with Crippen molar-refractivity contribution in [1.82, 2.24) is 9.55 Å². The molecule has 1 unspecified atom stereocenters. The van der Waals surface area contributed by atoms with E-state index in [1.165, 1.54) is 16.7 Å². The van der Waals surface area contributed by atoms with Crippen molar-refractivity contribution in [2.75, 3.05) is 11.9 Å². The van der Waals surface area contributed by atoms with Gasteiger partial charge in [-0.05, 0) is 59.9 Å². The molecule has 0 aliphatic carbocycles. The van der Waals surface area contributed by atoms with Crippen LogP contribution < -0.4 is 10.1 Å². The molecule has 0 fully saturated rings. The van der Waals surface area contributed by atoms with Gasteiger partial charge < -0.3 is 10.1 Å². The molecule has 4 aromatic rings. The molecule has 1 aliphatic rings. The van der Waals surface area contributed by atoms with Gasteiger partial charge in [0.25, 0.3) is 0 Å². The third-order valence-corrected chi connectivity index (χ3v) is 5.87. The van der Waals surface area contributed by atoms with Crippen LogP contribution in [0.2, 0.25) is 0 Å². The third-order valence-electron chi connectivity index (χ3n) is 5.87. The Morgan fingerprint density at radius 2 is 1.71 bits per heavy atom. The van der Waals surface area contributed by atoms with Gasteiger partial charge in [-0.3, -0.25) is 4.57 Å². The van der Waals surface area contributed by atoms with Crippen LogP contribution in [0.15, 0.2) is 78.9 Å². The number of anilines is 1. The van der Waals surface area contributed by atoms with E-state index < -0.39 is 0 Å². The van der Waals surface area contributed by atoms with E-state index in [0.717, 1.165) is 28.4 Å². The Bertz CT molecular complexity index is 1230. The smallest absolute Gasteiger partial charge is 0.209 e. The van der Waals surface area contributed by atoms with Gasteiger partial charge in [-0.15, -0.1) is 0 Å². The summed E-state index contributed by atoms with van der Waals surface area (Å²) in [5.41, 5.74) is 6.90. The van der Waals surface area contributed by atoms with E-state index >= 15 is 0 Å². The topological polar surface area (TPSA) is 39.1 Å². The zero-order valence-corrected chi connectivity index (χ0v) is 18.2. The summed E-state index contributed by atoms with van der Waals surface area (Å²) in [6, 6.07) is 25.5. The molecule has 3 aromatic carbocycles. The lowest BCUT2D eigenvalue weighted by Crippen LogP contribution is -2.19. The predicted octanol–water partition coefficient (Wildman–Crippen LogP) is 6.61. The Labute approximate surface area is 183 Å². The molecule has 1 atom stereocenters. The van der Waals surface area contributed by atoms with Crippen LogP contribution in [0, 0.1) is 0 Å². The van der Waals surface area contributed by atoms with Crippen LogP contribution in [0.4, 0.5) is 5.95 Å². The number of nitrogens with one attached hydrogen (secondary N) is 1. The summed E-state index contributed by atoms with van der Waals surface area (Å²) in [5.74, 6) is 2.28. The van der Waals surface area contributed by atoms with Crippen LogP contribution in [0.3, 0.4) is 0 Å². The van der Waals surface area contributed by atoms with Gasteiger partial charge in [0.05, 0.1) is 23.7 Å². The van der Waals surface area contributed by atoms with E-state index in [1.54, 1.807) is 0 Å². The van der Waals surface area contributed by atoms with Crippen molar-refractivity contribution < 1.29 is 4.74 Å². The van der Waals surface area contributed by atoms with E-state index in [1.807, 2.05) is 25.1 Å². The standard InChI is InChI=1S/C27H27N3O/c1-4-31-22-15-13-21(14-16-22)26-17-24(20-11-9-19(10-12-20)18(2)3)29-27-28-23-7-5-6-8-25(23)30(26)27/h5-18,26H,4H2,1-3H3,(H,28,29). The van der Waals surface area contributed by atoms with Gasteiger partial charge in [-0.1, -0.05) is 62.4 Å². The molecule has 0 saturated heterocycles. The maximum Gasteiger partial charge on any atom is 0.209 e. The van der Waals surface area contributed by atoms with Gasteiger partial charge in [0.1, 0.15) is 5.75 Å². The van der Waals surface area contributed by atoms with Crippen molar-refractivity contribution in [3.63, 3.8) is 0 Å². The molecule has 0 bridgehead atoms. The highest BCUT2D eigenvalue weighted by Crippen LogP contribution is 2.37. The number of para-hydroxylation sites is 2. The lowest BCUT2D eigenvalue weighted by atomic mass is 9.98. The zero-order chi connectivity index (χ0) is 21.4. The first-order valence-corrected chi connectivity index (χ1v) is 10.9. The Balaban J connectivity index is 1.61. The number of allylic oxidation sites excluding steroid dienone is 1. The second-order valence-electron chi connectivity index (χ2n) is 8.22. The Morgan fingerprint density at radius 1 is 0.968 bits per heavy atom. The van der Waals surface area contributed by atoms with Crippen LogP contribution in [0.1, 0.15) is 49.4 Å². The number of rotatable bonds is 5. The minimum atomic E-state index is 0.0408. The van der Waals surface area contributed by atoms with Crippen molar-refractivity contribution >= 4 is 22.7 Å². The van der Waals surface area contributed by atoms with Crippen LogP contribution in [-0.2, 0) is 0 Å². The monoisotopic (exact) mass is 409 g/mol. The summed E-state index contributed by atoms with van der Waals surface area (Å²) in [6.45, 7) is 7.11. The lowest BCUT2D eigenvalue weighted by Gasteiger charge is -2.27. The van der Waals surface area contributed by atoms with E-state index in [0.29, 0.717) is 12.5 Å². The highest BCUT2D eigenvalue weighted by Gasteiger charge is 2.25. The summed E-state index contributed by atoms with van der Waals surface area (Å²) >= 11 is 0. The Morgan fingerprint density at radius 3 is 2.42 bits per heavy atom. The van der Waals surface area contributed by atoms with Crippen LogP contribution in [0.25, 0.3) is 16.7 Å². The number of benzene rings is 3. The molecular formula is C27H27N3O. The normalized spacial score (nSPS) is 15.5. The molecule has 1 aliphatic heterocycles. The van der Waals surface area contributed by atoms with Crippen molar-refractivity contribution in [2.45, 2.75) is 32.7 Å². The van der Waals surface area contributed by atoms with Gasteiger partial charge >= 0.3 is 0 Å². The number of ether oxygens (including phenoxy) is 1. The molecule has 0 radical (unpaired) electrons. The number of nitrogens with zero attached hydrogens (tertiary/aromatic N) is 2. The number of imidazole rings is 1. The summed E-state index contributed by atoms with van der Waals surface area (Å²) < 4.78 is 7.92. The summed E-state index contributed by atoms with van der Waals surface area (Å²) in [4.78, 5) is 4.88. The fourth-order valence-corrected chi connectivity index (χ4v) is 4.20. The lowest BCUT2D eigenvalue weighted by molar-refractivity contribution is 0.340. The van der Waals surface area contributed by atoms with Crippen LogP contribution in [0.5, 0.6) is 5.75 Å². The van der Waals surface area contributed by atoms with Gasteiger partial charge in [-0.25, -0.2) is 4.98 Å². The first-order valence-electron chi connectivity index (χ1n) is 10.9. The molecule has 4 nitrogen and oxygen atoms in total. The van der Waals surface area contributed by atoms with Crippen molar-refractivity contribution in [1.29, 1.82) is 0 Å². The van der Waals surface area contributed by atoms with E-state index in [9.17, 15) is 0 Å². The number of hydrogen-bond donors (Lipinski definition) is 1. The minimum absolute atomic E-state index is 0.0408. The second kappa shape index (κ2) is 7.95. The van der Waals surface area contributed by atoms with Crippen LogP contribution >= 0.6 is 0 Å². The molecule has 156 valence electrons. The largest absolute Gasteiger partial charge is 0.494 e. The molecule has 4 heteroatoms. The SMILES string of the molecule is CCOc1ccc(C2C=C(c3ccc(C(C)C)cc3)Nc3nc4ccccc4n32)cc1. The molecule has 0 spiro atoms. The van der Waals surface area contributed by atoms with E-state index in [-0.39, 0.29) is 6.04 Å². The molecule has 31 heavy (non-hydrogen) atoms. The molecule has 5 rings (SSSR count). The first kappa shape index (κ1) is 19.4. The maximum absolute atomic E-state index is 5.65. The van der Waals surface area contributed by atoms with E-state index in [4.69, 9.17) is 9.72 Å². The highest BCUT2D eigenvalue weighted by molar-refractivity contribution is 5.85. The summed E-state index contributed by atoms with van der Waals surface area (Å²) in [7, 11) is 0. The number of hydrogen-bond acceptors (Lipinski definition) is 3. The number of aromatic nitrogens is 2. The highest BCUT2D eigenvalue weighted by atomic mass is 16.5. The van der Waals surface area contributed by atoms with Gasteiger partial charge in [0.2, 0.25) is 5.95 Å². The summed E-state index contributed by atoms with van der Waals surface area (Å²) in [5, 5.41) is 3.57.